The zero-order valence-corrected chi connectivity index (χ0v) is 9.07. The second kappa shape index (κ2) is 4.38. The van der Waals surface area contributed by atoms with Gasteiger partial charge >= 0.3 is 0 Å². The van der Waals surface area contributed by atoms with Crippen LogP contribution in [0.5, 0.6) is 0 Å². The Morgan fingerprint density at radius 2 is 2.57 bits per heavy atom. The van der Waals surface area contributed by atoms with Gasteiger partial charge < -0.3 is 16.4 Å². The van der Waals surface area contributed by atoms with E-state index < -0.39 is 0 Å². The molecule has 2 atom stereocenters. The predicted octanol–water partition coefficient (Wildman–Crippen LogP) is 1.10. The average Bonchev–Trinajstić information content (AvgIpc) is 2.54. The monoisotopic (exact) mass is 211 g/mol. The van der Waals surface area contributed by atoms with Gasteiger partial charge in [0.05, 0.1) is 0 Å². The normalized spacial score (nSPS) is 31.2. The molecule has 1 aliphatic carbocycles. The third-order valence-electron chi connectivity index (χ3n) is 2.65. The molecule has 2 aliphatic rings. The molecule has 78 valence electrons. The highest BCUT2D eigenvalue weighted by atomic mass is 32.2. The first-order chi connectivity index (χ1) is 6.79. The summed E-state index contributed by atoms with van der Waals surface area (Å²) in [6.07, 6.45) is 5.36. The number of allylic oxidation sites excluding steroid dienone is 1. The van der Waals surface area contributed by atoms with Gasteiger partial charge in [-0.15, -0.1) is 6.58 Å². The first kappa shape index (κ1) is 10.1. The van der Waals surface area contributed by atoms with Crippen molar-refractivity contribution < 1.29 is 0 Å². The first-order valence-electron chi connectivity index (χ1n) is 5.04. The van der Waals surface area contributed by atoms with Gasteiger partial charge in [-0.05, 0) is 19.3 Å². The van der Waals surface area contributed by atoms with Crippen LogP contribution in [0.15, 0.2) is 23.3 Å². The van der Waals surface area contributed by atoms with E-state index in [2.05, 4.69) is 17.2 Å². The van der Waals surface area contributed by atoms with Gasteiger partial charge in [0.25, 0.3) is 0 Å². The van der Waals surface area contributed by atoms with Crippen molar-refractivity contribution in [2.75, 3.05) is 6.54 Å². The maximum Gasteiger partial charge on any atom is 0.127 e. The van der Waals surface area contributed by atoms with E-state index in [0.717, 1.165) is 19.4 Å². The van der Waals surface area contributed by atoms with E-state index in [9.17, 15) is 0 Å². The Kier molecular flexibility index (Phi) is 3.15. The summed E-state index contributed by atoms with van der Waals surface area (Å²) in [5.74, 6) is 0. The smallest absolute Gasteiger partial charge is 0.127 e. The molecule has 0 saturated heterocycles. The Labute approximate surface area is 89.2 Å². The van der Waals surface area contributed by atoms with Gasteiger partial charge in [-0.2, -0.15) is 0 Å². The highest BCUT2D eigenvalue weighted by molar-refractivity contribution is 8.03. The second-order valence-electron chi connectivity index (χ2n) is 3.72. The molecule has 0 saturated carbocycles. The van der Waals surface area contributed by atoms with Gasteiger partial charge in [0, 0.05) is 23.2 Å². The fourth-order valence-corrected chi connectivity index (χ4v) is 3.07. The largest absolute Gasteiger partial charge is 0.364 e. The van der Waals surface area contributed by atoms with Gasteiger partial charge in [0.15, 0.2) is 0 Å². The van der Waals surface area contributed by atoms with Crippen molar-refractivity contribution in [3.63, 3.8) is 0 Å². The van der Waals surface area contributed by atoms with E-state index in [1.165, 1.54) is 17.0 Å². The maximum atomic E-state index is 5.81. The van der Waals surface area contributed by atoms with Crippen LogP contribution < -0.4 is 16.4 Å². The molecule has 2 unspecified atom stereocenters. The zero-order valence-electron chi connectivity index (χ0n) is 8.25. The summed E-state index contributed by atoms with van der Waals surface area (Å²) in [7, 11) is 0. The Hall–Kier alpha value is -0.450. The zero-order chi connectivity index (χ0) is 9.97. The van der Waals surface area contributed by atoms with Crippen molar-refractivity contribution in [1.82, 2.24) is 10.6 Å². The van der Waals surface area contributed by atoms with Gasteiger partial charge in [-0.3, -0.25) is 0 Å². The van der Waals surface area contributed by atoms with E-state index in [0.29, 0.717) is 6.04 Å². The minimum atomic E-state index is 0.0816. The third-order valence-corrected chi connectivity index (χ3v) is 3.72. The summed E-state index contributed by atoms with van der Waals surface area (Å²) in [4.78, 5) is 1.45. The van der Waals surface area contributed by atoms with Crippen LogP contribution in [0.1, 0.15) is 19.3 Å². The van der Waals surface area contributed by atoms with Crippen LogP contribution in [0.4, 0.5) is 0 Å². The molecule has 0 aromatic heterocycles. The van der Waals surface area contributed by atoms with Crippen molar-refractivity contribution >= 4 is 11.8 Å². The number of nitrogens with one attached hydrogen (secondary N) is 2. The lowest BCUT2D eigenvalue weighted by atomic mass is 9.99. The molecule has 0 amide bonds. The number of hydrogen-bond acceptors (Lipinski definition) is 4. The number of thioether (sulfide) groups is 1. The summed E-state index contributed by atoms with van der Waals surface area (Å²) >= 11 is 1.77. The average molecular weight is 211 g/mol. The van der Waals surface area contributed by atoms with Gasteiger partial charge in [-0.25, -0.2) is 0 Å². The maximum absolute atomic E-state index is 5.81. The Bertz CT molecular complexity index is 262. The first-order valence-corrected chi connectivity index (χ1v) is 5.92. The topological polar surface area (TPSA) is 50.1 Å². The predicted molar refractivity (Wildman–Crippen MR) is 61.6 cm³/mol. The third kappa shape index (κ3) is 2.13. The van der Waals surface area contributed by atoms with E-state index in [-0.39, 0.29) is 5.50 Å². The van der Waals surface area contributed by atoms with Crippen molar-refractivity contribution in [2.24, 2.45) is 5.73 Å². The van der Waals surface area contributed by atoms with Gasteiger partial charge in [-0.1, -0.05) is 17.8 Å². The van der Waals surface area contributed by atoms with Gasteiger partial charge in [0.1, 0.15) is 5.50 Å². The molecule has 0 radical (unpaired) electrons. The standard InChI is InChI=1S/C10H17N3S/c1-2-5-12-7-3-4-8-9(6-7)14-10(11)13-8/h2,7,10,12-13H,1,3-6,11H2. The van der Waals surface area contributed by atoms with Crippen LogP contribution >= 0.6 is 11.8 Å². The van der Waals surface area contributed by atoms with Crippen LogP contribution in [0.3, 0.4) is 0 Å². The summed E-state index contributed by atoms with van der Waals surface area (Å²) in [6.45, 7) is 4.61. The molecule has 14 heavy (non-hydrogen) atoms. The summed E-state index contributed by atoms with van der Waals surface area (Å²) in [6, 6.07) is 0.603. The molecule has 4 heteroatoms. The minimum absolute atomic E-state index is 0.0816. The van der Waals surface area contributed by atoms with Crippen molar-refractivity contribution in [3.8, 4) is 0 Å². The Morgan fingerprint density at radius 1 is 1.71 bits per heavy atom. The van der Waals surface area contributed by atoms with Crippen LogP contribution in [0, 0.1) is 0 Å². The lowest BCUT2D eigenvalue weighted by molar-refractivity contribution is 0.477. The van der Waals surface area contributed by atoms with Crippen molar-refractivity contribution in [2.45, 2.75) is 30.8 Å². The number of nitrogens with two attached hydrogens (primary N) is 1. The molecule has 1 aliphatic heterocycles. The Morgan fingerprint density at radius 3 is 3.36 bits per heavy atom. The molecule has 3 nitrogen and oxygen atoms in total. The molecule has 0 fully saturated rings. The van der Waals surface area contributed by atoms with Crippen LogP contribution in [-0.2, 0) is 0 Å². The molecular formula is C10H17N3S. The molecule has 0 aromatic carbocycles. The van der Waals surface area contributed by atoms with Crippen LogP contribution in [-0.4, -0.2) is 18.1 Å². The van der Waals surface area contributed by atoms with Crippen molar-refractivity contribution in [3.05, 3.63) is 23.3 Å². The quantitative estimate of drug-likeness (QED) is 0.612. The van der Waals surface area contributed by atoms with Crippen LogP contribution in [0.25, 0.3) is 0 Å². The fraction of sp³-hybridized carbons (Fsp3) is 0.600. The number of hydrogen-bond donors (Lipinski definition) is 3. The van der Waals surface area contributed by atoms with E-state index in [1.54, 1.807) is 11.8 Å². The van der Waals surface area contributed by atoms with E-state index in [1.807, 2.05) is 6.08 Å². The molecule has 1 heterocycles. The SMILES string of the molecule is C=CCNC1CCC2=C(C1)SC(N)N2. The number of rotatable bonds is 3. The summed E-state index contributed by atoms with van der Waals surface area (Å²) in [5.41, 5.74) is 7.27. The minimum Gasteiger partial charge on any atom is -0.364 e. The van der Waals surface area contributed by atoms with Gasteiger partial charge in [0.2, 0.25) is 0 Å². The molecular weight excluding hydrogens is 194 g/mol. The summed E-state index contributed by atoms with van der Waals surface area (Å²) in [5, 5.41) is 6.77. The summed E-state index contributed by atoms with van der Waals surface area (Å²) < 4.78 is 0. The lowest BCUT2D eigenvalue weighted by Crippen LogP contribution is -2.33. The van der Waals surface area contributed by atoms with Crippen LogP contribution in [0.2, 0.25) is 0 Å². The van der Waals surface area contributed by atoms with E-state index >= 15 is 0 Å². The molecule has 0 spiro atoms. The molecule has 4 N–H and O–H groups in total. The highest BCUT2D eigenvalue weighted by Gasteiger charge is 2.27. The lowest BCUT2D eigenvalue weighted by Gasteiger charge is -2.23. The van der Waals surface area contributed by atoms with E-state index in [4.69, 9.17) is 5.73 Å². The fourth-order valence-electron chi connectivity index (χ4n) is 1.96. The second-order valence-corrected chi connectivity index (χ2v) is 4.96. The highest BCUT2D eigenvalue weighted by Crippen LogP contribution is 2.37. The molecule has 0 aromatic rings. The van der Waals surface area contributed by atoms with Crippen molar-refractivity contribution in [1.29, 1.82) is 0 Å². The Balaban J connectivity index is 1.89. The molecule has 0 bridgehead atoms. The molecule has 2 rings (SSSR count).